The van der Waals surface area contributed by atoms with Crippen molar-refractivity contribution in [3.8, 4) is 11.5 Å². The molecule has 0 heterocycles. The number of aryl methyl sites for hydroxylation is 1. The van der Waals surface area contributed by atoms with Gasteiger partial charge in [-0.25, -0.2) is 10.2 Å². The van der Waals surface area contributed by atoms with Crippen LogP contribution in [0.1, 0.15) is 31.8 Å². The van der Waals surface area contributed by atoms with Gasteiger partial charge in [0.15, 0.2) is 0 Å². The summed E-state index contributed by atoms with van der Waals surface area (Å²) in [5.74, 6) is 0.318. The van der Waals surface area contributed by atoms with Gasteiger partial charge in [0, 0.05) is 5.56 Å². The molecule has 31 heavy (non-hydrogen) atoms. The molecular formula is C25H22N2O4. The first kappa shape index (κ1) is 21.5. The van der Waals surface area contributed by atoms with E-state index in [2.05, 4.69) is 17.1 Å². The second-order valence-corrected chi connectivity index (χ2v) is 6.65. The zero-order valence-corrected chi connectivity index (χ0v) is 17.1. The van der Waals surface area contributed by atoms with Gasteiger partial charge in [-0.15, -0.1) is 0 Å². The summed E-state index contributed by atoms with van der Waals surface area (Å²) < 4.78 is 10.7. The van der Waals surface area contributed by atoms with Crippen molar-refractivity contribution >= 4 is 18.1 Å². The molecule has 0 fully saturated rings. The fraction of sp³-hybridized carbons (Fsp3) is 0.0800. The summed E-state index contributed by atoms with van der Waals surface area (Å²) in [5.41, 5.74) is 5.23. The van der Waals surface area contributed by atoms with Crippen LogP contribution < -0.4 is 14.9 Å². The Kier molecular flexibility index (Phi) is 7.32. The highest BCUT2D eigenvalue weighted by Crippen LogP contribution is 2.14. The van der Waals surface area contributed by atoms with Crippen molar-refractivity contribution in [1.29, 1.82) is 0 Å². The predicted octanol–water partition coefficient (Wildman–Crippen LogP) is 4.54. The standard InChI is InChI=1S/C25H22N2O4/c1-3-16-30-22-14-10-20(11-15-22)24(28)27-26-17-19-6-12-23(13-7-19)31-25(29)21-8-4-18(2)5-9-21/h3-15,17H,1,16H2,2H3,(H,27,28)/b26-17-. The molecule has 0 saturated carbocycles. The van der Waals surface area contributed by atoms with Crippen molar-refractivity contribution < 1.29 is 19.1 Å². The van der Waals surface area contributed by atoms with Crippen LogP contribution >= 0.6 is 0 Å². The molecule has 3 rings (SSSR count). The molecule has 1 N–H and O–H groups in total. The Labute approximate surface area is 180 Å². The summed E-state index contributed by atoms with van der Waals surface area (Å²) >= 11 is 0. The fourth-order valence-electron chi connectivity index (χ4n) is 2.57. The maximum Gasteiger partial charge on any atom is 0.343 e. The van der Waals surface area contributed by atoms with Crippen molar-refractivity contribution in [2.45, 2.75) is 6.92 Å². The van der Waals surface area contributed by atoms with Gasteiger partial charge in [0.1, 0.15) is 18.1 Å². The number of rotatable bonds is 8. The molecule has 3 aromatic carbocycles. The monoisotopic (exact) mass is 414 g/mol. The lowest BCUT2D eigenvalue weighted by Gasteiger charge is -2.05. The average molecular weight is 414 g/mol. The molecule has 0 aliphatic heterocycles. The Balaban J connectivity index is 1.52. The quantitative estimate of drug-likeness (QED) is 0.193. The number of benzene rings is 3. The largest absolute Gasteiger partial charge is 0.490 e. The lowest BCUT2D eigenvalue weighted by atomic mass is 10.1. The summed E-state index contributed by atoms with van der Waals surface area (Å²) in [7, 11) is 0. The van der Waals surface area contributed by atoms with Gasteiger partial charge in [0.05, 0.1) is 11.8 Å². The molecular weight excluding hydrogens is 392 g/mol. The topological polar surface area (TPSA) is 77.0 Å². The predicted molar refractivity (Wildman–Crippen MR) is 120 cm³/mol. The van der Waals surface area contributed by atoms with Gasteiger partial charge in [0.2, 0.25) is 0 Å². The number of hydrazone groups is 1. The smallest absolute Gasteiger partial charge is 0.343 e. The lowest BCUT2D eigenvalue weighted by Crippen LogP contribution is -2.17. The normalized spacial score (nSPS) is 10.5. The number of ether oxygens (including phenoxy) is 2. The molecule has 0 bridgehead atoms. The minimum Gasteiger partial charge on any atom is -0.490 e. The summed E-state index contributed by atoms with van der Waals surface area (Å²) in [6.07, 6.45) is 3.15. The van der Waals surface area contributed by atoms with Gasteiger partial charge < -0.3 is 9.47 Å². The average Bonchev–Trinajstić information content (AvgIpc) is 2.79. The summed E-state index contributed by atoms with van der Waals surface area (Å²) in [5, 5.41) is 3.96. The Morgan fingerprint density at radius 3 is 2.16 bits per heavy atom. The Morgan fingerprint density at radius 1 is 0.903 bits per heavy atom. The molecule has 0 aliphatic rings. The van der Waals surface area contributed by atoms with Crippen LogP contribution in [0.2, 0.25) is 0 Å². The van der Waals surface area contributed by atoms with E-state index in [9.17, 15) is 9.59 Å². The molecule has 0 saturated heterocycles. The maximum atomic E-state index is 12.2. The van der Waals surface area contributed by atoms with E-state index in [1.807, 2.05) is 19.1 Å². The molecule has 6 heteroatoms. The minimum absolute atomic E-state index is 0.338. The SMILES string of the molecule is C=CCOc1ccc(C(=O)N/N=C\c2ccc(OC(=O)c3ccc(C)cc3)cc2)cc1. The number of nitrogens with one attached hydrogen (secondary N) is 1. The highest BCUT2D eigenvalue weighted by molar-refractivity contribution is 5.95. The van der Waals surface area contributed by atoms with E-state index in [1.54, 1.807) is 66.7 Å². The zero-order valence-electron chi connectivity index (χ0n) is 17.1. The van der Waals surface area contributed by atoms with Crippen LogP contribution in [0.15, 0.2) is 90.6 Å². The molecule has 0 spiro atoms. The van der Waals surface area contributed by atoms with Crippen molar-refractivity contribution in [3.63, 3.8) is 0 Å². The van der Waals surface area contributed by atoms with Crippen LogP contribution in [0.5, 0.6) is 11.5 Å². The van der Waals surface area contributed by atoms with E-state index < -0.39 is 5.97 Å². The van der Waals surface area contributed by atoms with E-state index in [0.29, 0.717) is 29.2 Å². The zero-order chi connectivity index (χ0) is 22.1. The lowest BCUT2D eigenvalue weighted by molar-refractivity contribution is 0.0734. The van der Waals surface area contributed by atoms with Crippen molar-refractivity contribution in [2.24, 2.45) is 5.10 Å². The number of hydrogen-bond donors (Lipinski definition) is 1. The van der Waals surface area contributed by atoms with Crippen LogP contribution in [-0.4, -0.2) is 24.7 Å². The second kappa shape index (κ2) is 10.5. The number of amides is 1. The van der Waals surface area contributed by atoms with Gasteiger partial charge in [-0.1, -0.05) is 30.4 Å². The highest BCUT2D eigenvalue weighted by Gasteiger charge is 2.08. The molecule has 0 aromatic heterocycles. The van der Waals surface area contributed by atoms with Crippen LogP contribution in [0.25, 0.3) is 0 Å². The summed E-state index contributed by atoms with van der Waals surface area (Å²) in [6.45, 7) is 5.94. The molecule has 6 nitrogen and oxygen atoms in total. The first-order chi connectivity index (χ1) is 15.0. The van der Waals surface area contributed by atoms with Gasteiger partial charge in [-0.2, -0.15) is 5.10 Å². The van der Waals surface area contributed by atoms with Crippen molar-refractivity contribution in [3.05, 3.63) is 108 Å². The Morgan fingerprint density at radius 2 is 1.52 bits per heavy atom. The first-order valence-electron chi connectivity index (χ1n) is 9.61. The van der Waals surface area contributed by atoms with Crippen LogP contribution in [0, 0.1) is 6.92 Å². The fourth-order valence-corrected chi connectivity index (χ4v) is 2.57. The van der Waals surface area contributed by atoms with Gasteiger partial charge in [-0.05, 0) is 73.2 Å². The molecule has 3 aromatic rings. The van der Waals surface area contributed by atoms with Crippen LogP contribution in [0.3, 0.4) is 0 Å². The van der Waals surface area contributed by atoms with Crippen molar-refractivity contribution in [2.75, 3.05) is 6.61 Å². The molecule has 1 amide bonds. The van der Waals surface area contributed by atoms with Gasteiger partial charge in [-0.3, -0.25) is 4.79 Å². The molecule has 156 valence electrons. The first-order valence-corrected chi connectivity index (χ1v) is 9.61. The van der Waals surface area contributed by atoms with Gasteiger partial charge >= 0.3 is 5.97 Å². The molecule has 0 radical (unpaired) electrons. The van der Waals surface area contributed by atoms with E-state index in [1.165, 1.54) is 6.21 Å². The summed E-state index contributed by atoms with van der Waals surface area (Å²) in [6, 6.07) is 20.7. The number of carbonyl (C=O) groups excluding carboxylic acids is 2. The van der Waals surface area contributed by atoms with Gasteiger partial charge in [0.25, 0.3) is 5.91 Å². The van der Waals surface area contributed by atoms with E-state index >= 15 is 0 Å². The van der Waals surface area contributed by atoms with E-state index in [4.69, 9.17) is 9.47 Å². The van der Waals surface area contributed by atoms with Crippen LogP contribution in [0.4, 0.5) is 0 Å². The third-order valence-corrected chi connectivity index (χ3v) is 4.24. The molecule has 0 unspecified atom stereocenters. The van der Waals surface area contributed by atoms with Crippen LogP contribution in [-0.2, 0) is 0 Å². The second-order valence-electron chi connectivity index (χ2n) is 6.65. The number of hydrogen-bond acceptors (Lipinski definition) is 5. The van der Waals surface area contributed by atoms with E-state index in [-0.39, 0.29) is 5.91 Å². The Bertz CT molecular complexity index is 1070. The number of nitrogens with zero attached hydrogens (tertiary/aromatic N) is 1. The Hall–Kier alpha value is -4.19. The van der Waals surface area contributed by atoms with Crippen molar-refractivity contribution in [1.82, 2.24) is 5.43 Å². The summed E-state index contributed by atoms with van der Waals surface area (Å²) in [4.78, 5) is 24.3. The third kappa shape index (κ3) is 6.40. The minimum atomic E-state index is -0.422. The third-order valence-electron chi connectivity index (χ3n) is 4.24. The van der Waals surface area contributed by atoms with E-state index in [0.717, 1.165) is 11.1 Å². The number of carbonyl (C=O) groups is 2. The molecule has 0 aliphatic carbocycles. The number of esters is 1. The maximum absolute atomic E-state index is 12.2. The highest BCUT2D eigenvalue weighted by atomic mass is 16.5. The molecule has 0 atom stereocenters.